The molecule has 148 valence electrons. The molecule has 3 aromatic carbocycles. The van der Waals surface area contributed by atoms with Crippen molar-refractivity contribution in [1.29, 1.82) is 0 Å². The van der Waals surface area contributed by atoms with E-state index in [1.165, 1.54) is 12.1 Å². The number of benzene rings is 3. The van der Waals surface area contributed by atoms with Crippen molar-refractivity contribution in [2.45, 2.75) is 6.92 Å². The number of ether oxygens (including phenoxy) is 3. The normalized spacial score (nSPS) is 13.3. The van der Waals surface area contributed by atoms with Crippen molar-refractivity contribution < 1.29 is 29.4 Å². The smallest absolute Gasteiger partial charge is 0.263 e. The Morgan fingerprint density at radius 2 is 1.76 bits per heavy atom. The second-order valence-corrected chi connectivity index (χ2v) is 6.49. The number of nitrogens with one attached hydrogen (secondary N) is 2. The van der Waals surface area contributed by atoms with Crippen LogP contribution >= 0.6 is 0 Å². The Hall–Kier alpha value is -3.59. The second-order valence-electron chi connectivity index (χ2n) is 6.49. The third-order valence-electron chi connectivity index (χ3n) is 4.43. The van der Waals surface area contributed by atoms with Crippen LogP contribution in [0.25, 0.3) is 0 Å². The molecule has 8 nitrogen and oxygen atoms in total. The van der Waals surface area contributed by atoms with Crippen LogP contribution in [-0.2, 0) is 0 Å². The highest BCUT2D eigenvalue weighted by molar-refractivity contribution is 6.10. The molecule has 1 aliphatic rings. The Balaban J connectivity index is 1.82. The van der Waals surface area contributed by atoms with E-state index in [1.807, 2.05) is 13.0 Å². The summed E-state index contributed by atoms with van der Waals surface area (Å²) in [7, 11) is 1.55. The number of fused-ring (bicyclic) bond motifs is 2. The molecule has 1 heterocycles. The SMILES string of the molecule is COc1ccc(Oc2cc([NH+]([O-])O)cc3c2C(=O)Nc2ccc(C)cc2O3)cc1. The molecular weight excluding hydrogens is 376 g/mol. The highest BCUT2D eigenvalue weighted by Crippen LogP contribution is 2.42. The van der Waals surface area contributed by atoms with Crippen LogP contribution in [0.4, 0.5) is 11.4 Å². The van der Waals surface area contributed by atoms with Gasteiger partial charge in [-0.3, -0.25) is 4.79 Å². The third kappa shape index (κ3) is 3.72. The lowest BCUT2D eigenvalue weighted by molar-refractivity contribution is -0.991. The van der Waals surface area contributed by atoms with E-state index in [-0.39, 0.29) is 22.7 Å². The molecule has 0 saturated heterocycles. The lowest BCUT2D eigenvalue weighted by atomic mass is 10.1. The van der Waals surface area contributed by atoms with Gasteiger partial charge in [0.1, 0.15) is 28.6 Å². The van der Waals surface area contributed by atoms with Crippen LogP contribution in [0.2, 0.25) is 0 Å². The summed E-state index contributed by atoms with van der Waals surface area (Å²) in [5.41, 5.74) is 1.48. The molecule has 3 N–H and O–H groups in total. The average molecular weight is 394 g/mol. The zero-order valence-corrected chi connectivity index (χ0v) is 15.7. The summed E-state index contributed by atoms with van der Waals surface area (Å²) in [6.07, 6.45) is 0. The van der Waals surface area contributed by atoms with E-state index in [4.69, 9.17) is 14.2 Å². The zero-order chi connectivity index (χ0) is 20.5. The number of methoxy groups -OCH3 is 1. The fraction of sp³-hybridized carbons (Fsp3) is 0.0952. The van der Waals surface area contributed by atoms with Gasteiger partial charge in [-0.25, -0.2) is 5.21 Å². The fourth-order valence-electron chi connectivity index (χ4n) is 2.99. The topological polar surface area (TPSA) is 105 Å². The average Bonchev–Trinajstić information content (AvgIpc) is 2.83. The van der Waals surface area contributed by atoms with Crippen LogP contribution in [0.15, 0.2) is 54.6 Å². The summed E-state index contributed by atoms with van der Waals surface area (Å²) in [4.78, 5) is 12.9. The van der Waals surface area contributed by atoms with Crippen LogP contribution < -0.4 is 24.8 Å². The Kier molecular flexibility index (Phi) is 4.81. The van der Waals surface area contributed by atoms with Gasteiger partial charge in [0.2, 0.25) is 0 Å². The summed E-state index contributed by atoms with van der Waals surface area (Å²) in [5, 5.41) is 22.7. The first-order valence-electron chi connectivity index (χ1n) is 8.77. The maximum absolute atomic E-state index is 12.9. The van der Waals surface area contributed by atoms with E-state index < -0.39 is 11.1 Å². The number of aryl methyl sites for hydroxylation is 1. The Labute approximate surface area is 166 Å². The van der Waals surface area contributed by atoms with Crippen LogP contribution in [0.1, 0.15) is 15.9 Å². The van der Waals surface area contributed by atoms with Gasteiger partial charge in [-0.1, -0.05) is 6.07 Å². The van der Waals surface area contributed by atoms with E-state index in [2.05, 4.69) is 5.32 Å². The van der Waals surface area contributed by atoms with Crippen molar-refractivity contribution in [3.8, 4) is 28.7 Å². The quantitative estimate of drug-likeness (QED) is 0.585. The van der Waals surface area contributed by atoms with Crippen molar-refractivity contribution in [2.75, 3.05) is 12.4 Å². The number of carbonyl (C=O) groups is 1. The third-order valence-corrected chi connectivity index (χ3v) is 4.43. The zero-order valence-electron chi connectivity index (χ0n) is 15.7. The van der Waals surface area contributed by atoms with E-state index in [1.54, 1.807) is 43.5 Å². The first-order valence-corrected chi connectivity index (χ1v) is 8.77. The number of rotatable bonds is 4. The number of carbonyl (C=O) groups excluding carboxylic acids is 1. The second kappa shape index (κ2) is 7.44. The molecule has 3 aromatic rings. The van der Waals surface area contributed by atoms with E-state index in [0.29, 0.717) is 22.9 Å². The van der Waals surface area contributed by atoms with Crippen molar-refractivity contribution in [1.82, 2.24) is 0 Å². The predicted molar refractivity (Wildman–Crippen MR) is 104 cm³/mol. The Bertz CT molecular complexity index is 1080. The summed E-state index contributed by atoms with van der Waals surface area (Å²) < 4.78 is 16.9. The van der Waals surface area contributed by atoms with Gasteiger partial charge in [-0.05, 0) is 48.9 Å². The van der Waals surface area contributed by atoms with Gasteiger partial charge >= 0.3 is 0 Å². The highest BCUT2D eigenvalue weighted by Gasteiger charge is 2.28. The fourth-order valence-corrected chi connectivity index (χ4v) is 2.99. The van der Waals surface area contributed by atoms with Gasteiger partial charge < -0.3 is 24.7 Å². The van der Waals surface area contributed by atoms with Crippen molar-refractivity contribution in [2.24, 2.45) is 0 Å². The van der Waals surface area contributed by atoms with Gasteiger partial charge in [-0.2, -0.15) is 5.23 Å². The van der Waals surface area contributed by atoms with Crippen LogP contribution in [-0.4, -0.2) is 18.2 Å². The minimum atomic E-state index is -1.16. The molecule has 0 bridgehead atoms. The molecule has 29 heavy (non-hydrogen) atoms. The molecule has 1 amide bonds. The molecule has 0 aliphatic carbocycles. The molecule has 0 saturated carbocycles. The lowest BCUT2D eigenvalue weighted by Crippen LogP contribution is -2.99. The van der Waals surface area contributed by atoms with Gasteiger partial charge in [0.15, 0.2) is 11.4 Å². The molecule has 0 aromatic heterocycles. The molecule has 1 atom stereocenters. The predicted octanol–water partition coefficient (Wildman–Crippen LogP) is 3.56. The summed E-state index contributed by atoms with van der Waals surface area (Å²) in [6, 6.07) is 14.7. The maximum Gasteiger partial charge on any atom is 0.263 e. The van der Waals surface area contributed by atoms with Gasteiger partial charge in [0.05, 0.1) is 12.8 Å². The van der Waals surface area contributed by atoms with Crippen molar-refractivity contribution in [3.63, 3.8) is 0 Å². The van der Waals surface area contributed by atoms with Crippen LogP contribution in [0.3, 0.4) is 0 Å². The summed E-state index contributed by atoms with van der Waals surface area (Å²) in [5.74, 6) is 1.21. The molecule has 8 heteroatoms. The van der Waals surface area contributed by atoms with Gasteiger partial charge in [0.25, 0.3) is 5.91 Å². The maximum atomic E-state index is 12.9. The lowest BCUT2D eigenvalue weighted by Gasteiger charge is -2.17. The number of hydrogen-bond donors (Lipinski definition) is 3. The summed E-state index contributed by atoms with van der Waals surface area (Å²) in [6.45, 7) is 1.89. The molecule has 0 spiro atoms. The Morgan fingerprint density at radius 3 is 2.45 bits per heavy atom. The van der Waals surface area contributed by atoms with Gasteiger partial charge in [-0.15, -0.1) is 0 Å². The minimum absolute atomic E-state index is 0.0591. The number of anilines is 1. The standard InChI is InChI=1S/C21H18N2O6/c1-12-3-8-16-17(9-12)29-19-11-13(23(25)26)10-18(20(19)21(24)22-16)28-15-6-4-14(27-2)5-7-15/h3-11,23,25H,1-2H3,(H,22,24). The number of quaternary nitrogens is 1. The van der Waals surface area contributed by atoms with Crippen LogP contribution in [0, 0.1) is 12.1 Å². The van der Waals surface area contributed by atoms with E-state index in [9.17, 15) is 15.2 Å². The molecule has 4 rings (SSSR count). The molecule has 0 radical (unpaired) electrons. The van der Waals surface area contributed by atoms with E-state index >= 15 is 0 Å². The van der Waals surface area contributed by atoms with E-state index in [0.717, 1.165) is 5.56 Å². The Morgan fingerprint density at radius 1 is 1.03 bits per heavy atom. The van der Waals surface area contributed by atoms with Gasteiger partial charge in [0, 0.05) is 12.1 Å². The van der Waals surface area contributed by atoms with Crippen molar-refractivity contribution >= 4 is 17.3 Å². The highest BCUT2D eigenvalue weighted by atomic mass is 16.8. The number of hydrogen-bond acceptors (Lipinski definition) is 6. The molecule has 0 fully saturated rings. The van der Waals surface area contributed by atoms with Crippen molar-refractivity contribution in [3.05, 3.63) is 70.9 Å². The first kappa shape index (κ1) is 18.8. The minimum Gasteiger partial charge on any atom is -0.595 e. The molecule has 1 aliphatic heterocycles. The molecule has 1 unspecified atom stereocenters. The largest absolute Gasteiger partial charge is 0.595 e. The number of amides is 1. The monoisotopic (exact) mass is 394 g/mol. The molecular formula is C21H18N2O6. The summed E-state index contributed by atoms with van der Waals surface area (Å²) >= 11 is 0. The van der Waals surface area contributed by atoms with Crippen LogP contribution in [0.5, 0.6) is 28.7 Å². The first-order chi connectivity index (χ1) is 13.9.